The third kappa shape index (κ3) is 4.05. The Hall–Kier alpha value is -2.68. The number of rotatable bonds is 7. The van der Waals surface area contributed by atoms with Crippen LogP contribution < -0.4 is 10.1 Å². The van der Waals surface area contributed by atoms with Gasteiger partial charge in [-0.05, 0) is 23.6 Å². The van der Waals surface area contributed by atoms with Crippen LogP contribution in [0.5, 0.6) is 5.75 Å². The first kappa shape index (κ1) is 19.6. The number of hydrogen-bond donors (Lipinski definition) is 1. The number of methoxy groups -OCH3 is 1. The molecule has 152 valence electrons. The van der Waals surface area contributed by atoms with Crippen LogP contribution in [0, 0.1) is 0 Å². The Bertz CT molecular complexity index is 920. The van der Waals surface area contributed by atoms with Crippen molar-refractivity contribution >= 4 is 34.4 Å². The van der Waals surface area contributed by atoms with Crippen molar-refractivity contribution in [1.29, 1.82) is 0 Å². The summed E-state index contributed by atoms with van der Waals surface area (Å²) in [6.07, 6.45) is 0. The summed E-state index contributed by atoms with van der Waals surface area (Å²) in [6, 6.07) is 11.1. The highest BCUT2D eigenvalue weighted by atomic mass is 32.1. The molecule has 1 saturated heterocycles. The molecule has 0 radical (unpaired) electrons. The molecule has 1 aromatic carbocycles. The number of hydrogen-bond acceptors (Lipinski definition) is 7. The lowest BCUT2D eigenvalue weighted by molar-refractivity contribution is -0.137. The lowest BCUT2D eigenvalue weighted by Crippen LogP contribution is -2.43. The van der Waals surface area contributed by atoms with Crippen molar-refractivity contribution < 1.29 is 19.1 Å². The number of imide groups is 1. The van der Waals surface area contributed by atoms with Gasteiger partial charge in [0.25, 0.3) is 11.8 Å². The van der Waals surface area contributed by atoms with Gasteiger partial charge in [-0.1, -0.05) is 18.2 Å². The van der Waals surface area contributed by atoms with E-state index in [1.807, 2.05) is 41.8 Å². The van der Waals surface area contributed by atoms with Crippen molar-refractivity contribution in [1.82, 2.24) is 9.80 Å². The van der Waals surface area contributed by atoms with Gasteiger partial charge in [0.15, 0.2) is 0 Å². The molecular formula is C21H23N3O4S. The summed E-state index contributed by atoms with van der Waals surface area (Å²) in [6.45, 7) is 3.98. The van der Waals surface area contributed by atoms with Gasteiger partial charge < -0.3 is 14.8 Å². The van der Waals surface area contributed by atoms with E-state index in [1.165, 1.54) is 16.2 Å². The van der Waals surface area contributed by atoms with Crippen LogP contribution in [-0.2, 0) is 14.3 Å². The summed E-state index contributed by atoms with van der Waals surface area (Å²) < 4.78 is 10.8. The quantitative estimate of drug-likeness (QED) is 0.703. The molecule has 1 fully saturated rings. The fraction of sp³-hybridized carbons (Fsp3) is 0.333. The average Bonchev–Trinajstić information content (AvgIpc) is 3.35. The highest BCUT2D eigenvalue weighted by Gasteiger charge is 2.39. The molecule has 0 saturated carbocycles. The Kier molecular flexibility index (Phi) is 5.94. The molecule has 0 unspecified atom stereocenters. The van der Waals surface area contributed by atoms with Gasteiger partial charge in [-0.3, -0.25) is 19.4 Å². The molecule has 29 heavy (non-hydrogen) atoms. The second-order valence-corrected chi connectivity index (χ2v) is 7.72. The lowest BCUT2D eigenvalue weighted by atomic mass is 10.2. The van der Waals surface area contributed by atoms with E-state index in [0.29, 0.717) is 49.0 Å². The first-order valence-corrected chi connectivity index (χ1v) is 10.4. The minimum atomic E-state index is -0.308. The first-order chi connectivity index (χ1) is 14.2. The molecule has 0 atom stereocenters. The van der Waals surface area contributed by atoms with E-state index in [-0.39, 0.29) is 11.8 Å². The minimum Gasteiger partial charge on any atom is -0.495 e. The number of carbonyl (C=O) groups is 2. The molecule has 8 heteroatoms. The van der Waals surface area contributed by atoms with E-state index >= 15 is 0 Å². The number of thiophene rings is 1. The number of benzene rings is 1. The standard InChI is InChI=1S/C21H23N3O4S/c1-27-16-6-3-2-5-15(16)22-19-18(17-7-4-14-29-17)20(25)24(21(19)26)9-8-23-10-12-28-13-11-23/h2-7,14,22H,8-13H2,1H3. The number of para-hydroxylation sites is 2. The summed E-state index contributed by atoms with van der Waals surface area (Å²) in [7, 11) is 1.57. The van der Waals surface area contributed by atoms with Crippen LogP contribution >= 0.6 is 11.3 Å². The number of anilines is 1. The molecule has 1 aromatic heterocycles. The molecular weight excluding hydrogens is 390 g/mol. The van der Waals surface area contributed by atoms with E-state index in [0.717, 1.165) is 18.0 Å². The van der Waals surface area contributed by atoms with E-state index in [1.54, 1.807) is 7.11 Å². The fourth-order valence-electron chi connectivity index (χ4n) is 3.49. The van der Waals surface area contributed by atoms with Gasteiger partial charge in [0, 0.05) is 31.1 Å². The molecule has 7 nitrogen and oxygen atoms in total. The predicted octanol–water partition coefficient (Wildman–Crippen LogP) is 2.28. The molecule has 2 aromatic rings. The smallest absolute Gasteiger partial charge is 0.278 e. The van der Waals surface area contributed by atoms with Gasteiger partial charge in [0.2, 0.25) is 0 Å². The molecule has 0 aliphatic carbocycles. The van der Waals surface area contributed by atoms with Gasteiger partial charge in [-0.2, -0.15) is 0 Å². The monoisotopic (exact) mass is 413 g/mol. The van der Waals surface area contributed by atoms with Crippen LogP contribution in [0.1, 0.15) is 4.88 Å². The molecule has 1 N–H and O–H groups in total. The normalized spacial score (nSPS) is 17.9. The Morgan fingerprint density at radius 1 is 1.07 bits per heavy atom. The van der Waals surface area contributed by atoms with Crippen molar-refractivity contribution in [3.05, 3.63) is 52.4 Å². The number of morpholine rings is 1. The van der Waals surface area contributed by atoms with Gasteiger partial charge in [-0.15, -0.1) is 11.3 Å². The van der Waals surface area contributed by atoms with Crippen LogP contribution in [-0.4, -0.2) is 68.1 Å². The van der Waals surface area contributed by atoms with Crippen LogP contribution in [0.15, 0.2) is 47.5 Å². The van der Waals surface area contributed by atoms with E-state index in [2.05, 4.69) is 10.2 Å². The third-order valence-electron chi connectivity index (χ3n) is 5.05. The van der Waals surface area contributed by atoms with Gasteiger partial charge in [0.05, 0.1) is 31.6 Å². The average molecular weight is 413 g/mol. The molecule has 4 rings (SSSR count). The van der Waals surface area contributed by atoms with Crippen molar-refractivity contribution in [2.24, 2.45) is 0 Å². The summed E-state index contributed by atoms with van der Waals surface area (Å²) in [5.41, 5.74) is 1.36. The second-order valence-electron chi connectivity index (χ2n) is 6.77. The van der Waals surface area contributed by atoms with E-state index < -0.39 is 0 Å². The van der Waals surface area contributed by atoms with Gasteiger partial charge in [0.1, 0.15) is 11.4 Å². The molecule has 0 spiro atoms. The summed E-state index contributed by atoms with van der Waals surface area (Å²) >= 11 is 1.44. The molecule has 3 heterocycles. The minimum absolute atomic E-state index is 0.261. The van der Waals surface area contributed by atoms with Crippen LogP contribution in [0.4, 0.5) is 5.69 Å². The summed E-state index contributed by atoms with van der Waals surface area (Å²) in [5.74, 6) is 0.0400. The Morgan fingerprint density at radius 2 is 1.86 bits per heavy atom. The largest absolute Gasteiger partial charge is 0.495 e. The van der Waals surface area contributed by atoms with Crippen molar-refractivity contribution in [2.45, 2.75) is 0 Å². The number of nitrogens with one attached hydrogen (secondary N) is 1. The maximum Gasteiger partial charge on any atom is 0.278 e. The number of nitrogens with zero attached hydrogens (tertiary/aromatic N) is 2. The Morgan fingerprint density at radius 3 is 2.59 bits per heavy atom. The van der Waals surface area contributed by atoms with Crippen LogP contribution in [0.25, 0.3) is 5.57 Å². The highest BCUT2D eigenvalue weighted by molar-refractivity contribution is 7.11. The molecule has 2 aliphatic heterocycles. The first-order valence-electron chi connectivity index (χ1n) is 9.53. The van der Waals surface area contributed by atoms with Crippen LogP contribution in [0.2, 0.25) is 0 Å². The second kappa shape index (κ2) is 8.77. The maximum absolute atomic E-state index is 13.2. The number of carbonyl (C=O) groups excluding carboxylic acids is 2. The predicted molar refractivity (Wildman–Crippen MR) is 112 cm³/mol. The third-order valence-corrected chi connectivity index (χ3v) is 5.93. The highest BCUT2D eigenvalue weighted by Crippen LogP contribution is 2.34. The summed E-state index contributed by atoms with van der Waals surface area (Å²) in [4.78, 5) is 30.7. The molecule has 2 aliphatic rings. The SMILES string of the molecule is COc1ccccc1NC1=C(c2cccs2)C(=O)N(CCN2CCOCC2)C1=O. The van der Waals surface area contributed by atoms with Crippen LogP contribution in [0.3, 0.4) is 0 Å². The van der Waals surface area contributed by atoms with E-state index in [9.17, 15) is 9.59 Å². The lowest BCUT2D eigenvalue weighted by Gasteiger charge is -2.28. The number of ether oxygens (including phenoxy) is 2. The van der Waals surface area contributed by atoms with Gasteiger partial charge >= 0.3 is 0 Å². The van der Waals surface area contributed by atoms with E-state index in [4.69, 9.17) is 9.47 Å². The number of amides is 2. The zero-order valence-corrected chi connectivity index (χ0v) is 17.0. The van der Waals surface area contributed by atoms with Crippen molar-refractivity contribution in [2.75, 3.05) is 51.8 Å². The molecule has 0 bridgehead atoms. The Labute approximate surface area is 173 Å². The summed E-state index contributed by atoms with van der Waals surface area (Å²) in [5, 5.41) is 5.06. The Balaban J connectivity index is 1.60. The maximum atomic E-state index is 13.2. The van der Waals surface area contributed by atoms with Gasteiger partial charge in [-0.25, -0.2) is 0 Å². The zero-order chi connectivity index (χ0) is 20.2. The topological polar surface area (TPSA) is 71.1 Å². The fourth-order valence-corrected chi connectivity index (χ4v) is 4.26. The molecule has 2 amide bonds. The van der Waals surface area contributed by atoms with Crippen molar-refractivity contribution in [3.8, 4) is 5.75 Å². The zero-order valence-electron chi connectivity index (χ0n) is 16.2. The van der Waals surface area contributed by atoms with Crippen molar-refractivity contribution in [3.63, 3.8) is 0 Å².